The van der Waals surface area contributed by atoms with Crippen molar-refractivity contribution in [3.05, 3.63) is 59.6 Å². The molecular weight excluding hydrogens is 286 g/mol. The minimum atomic E-state index is 0.142. The number of nitrogens with zero attached hydrogens (tertiary/aromatic N) is 1. The molecule has 1 aliphatic heterocycles. The molecule has 23 heavy (non-hydrogen) atoms. The molecular formula is C20H21NO2. The van der Waals surface area contributed by atoms with Crippen LogP contribution in [0.3, 0.4) is 0 Å². The molecule has 1 aromatic carbocycles. The molecule has 1 unspecified atom stereocenters. The van der Waals surface area contributed by atoms with Gasteiger partial charge in [0.2, 0.25) is 0 Å². The summed E-state index contributed by atoms with van der Waals surface area (Å²) >= 11 is 0. The molecule has 1 aliphatic carbocycles. The third-order valence-electron chi connectivity index (χ3n) is 4.85. The highest BCUT2D eigenvalue weighted by Crippen LogP contribution is 2.49. The Balaban J connectivity index is 1.92. The highest BCUT2D eigenvalue weighted by molar-refractivity contribution is 6.06. The molecule has 3 heteroatoms. The second kappa shape index (κ2) is 5.12. The van der Waals surface area contributed by atoms with Crippen LogP contribution < -0.4 is 4.74 Å². The predicted molar refractivity (Wildman–Crippen MR) is 91.7 cm³/mol. The fourth-order valence-electron chi connectivity index (χ4n) is 3.68. The van der Waals surface area contributed by atoms with Crippen molar-refractivity contribution in [2.24, 2.45) is 10.4 Å². The maximum absolute atomic E-state index is 5.61. The first-order valence-corrected chi connectivity index (χ1v) is 8.06. The molecule has 118 valence electrons. The molecule has 2 aliphatic rings. The van der Waals surface area contributed by atoms with Gasteiger partial charge in [0, 0.05) is 22.8 Å². The summed E-state index contributed by atoms with van der Waals surface area (Å²) in [5, 5.41) is 0. The number of ether oxygens (including phenoxy) is 1. The van der Waals surface area contributed by atoms with Gasteiger partial charge in [-0.3, -0.25) is 0 Å². The number of furan rings is 1. The fourth-order valence-corrected chi connectivity index (χ4v) is 3.68. The summed E-state index contributed by atoms with van der Waals surface area (Å²) in [7, 11) is 1.73. The maximum Gasteiger partial charge on any atom is 0.123 e. The van der Waals surface area contributed by atoms with Crippen LogP contribution >= 0.6 is 0 Å². The third kappa shape index (κ3) is 2.31. The van der Waals surface area contributed by atoms with E-state index in [0.717, 1.165) is 29.8 Å². The zero-order valence-corrected chi connectivity index (χ0v) is 13.8. The quantitative estimate of drug-likeness (QED) is 0.759. The van der Waals surface area contributed by atoms with Gasteiger partial charge in [0.05, 0.1) is 13.4 Å². The number of fused-ring (bicyclic) bond motifs is 2. The molecule has 0 amide bonds. The first kappa shape index (κ1) is 14.3. The minimum absolute atomic E-state index is 0.142. The van der Waals surface area contributed by atoms with Crippen LogP contribution in [-0.2, 0) is 0 Å². The Bertz CT molecular complexity index is 811. The van der Waals surface area contributed by atoms with Crippen molar-refractivity contribution in [2.75, 3.05) is 7.11 Å². The van der Waals surface area contributed by atoms with Crippen LogP contribution in [-0.4, -0.2) is 12.8 Å². The van der Waals surface area contributed by atoms with Crippen LogP contribution in [0.2, 0.25) is 0 Å². The lowest BCUT2D eigenvalue weighted by Crippen LogP contribution is -2.27. The number of rotatable bonds is 2. The van der Waals surface area contributed by atoms with E-state index >= 15 is 0 Å². The molecule has 0 saturated carbocycles. The molecule has 4 rings (SSSR count). The van der Waals surface area contributed by atoms with Gasteiger partial charge in [-0.2, -0.15) is 0 Å². The van der Waals surface area contributed by atoms with Gasteiger partial charge in [-0.15, -0.1) is 0 Å². The normalized spacial score (nSPS) is 21.8. The van der Waals surface area contributed by atoms with E-state index in [2.05, 4.69) is 32.1 Å². The first-order valence-electron chi connectivity index (χ1n) is 8.06. The topological polar surface area (TPSA) is 34.7 Å². The first-order chi connectivity index (χ1) is 11.1. The molecule has 0 spiro atoms. The molecule has 0 bridgehead atoms. The van der Waals surface area contributed by atoms with Crippen molar-refractivity contribution in [1.82, 2.24) is 0 Å². The van der Waals surface area contributed by atoms with Gasteiger partial charge in [0.25, 0.3) is 0 Å². The lowest BCUT2D eigenvalue weighted by atomic mass is 9.70. The summed E-state index contributed by atoms with van der Waals surface area (Å²) in [4.78, 5) is 4.87. The number of para-hydroxylation sites is 1. The number of allylic oxidation sites excluding steroid dienone is 2. The molecule has 0 N–H and O–H groups in total. The van der Waals surface area contributed by atoms with Crippen molar-refractivity contribution in [1.29, 1.82) is 0 Å². The Morgan fingerprint density at radius 3 is 2.83 bits per heavy atom. The predicted octanol–water partition coefficient (Wildman–Crippen LogP) is 5.25. The summed E-state index contributed by atoms with van der Waals surface area (Å²) in [5.74, 6) is 1.06. The fraction of sp³-hybridized carbons (Fsp3) is 0.350. The Labute approximate surface area is 136 Å². The number of methoxy groups -OCH3 is 1. The lowest BCUT2D eigenvalue weighted by Gasteiger charge is -2.35. The van der Waals surface area contributed by atoms with Crippen molar-refractivity contribution in [2.45, 2.75) is 32.6 Å². The van der Waals surface area contributed by atoms with E-state index in [4.69, 9.17) is 14.1 Å². The van der Waals surface area contributed by atoms with E-state index < -0.39 is 0 Å². The molecule has 2 heterocycles. The van der Waals surface area contributed by atoms with Crippen LogP contribution in [0.5, 0.6) is 5.75 Å². The standard InChI is InChI=1S/C20H21NO2/c1-20(2)9-8-13-16(10-20)21-17-12-23-11-15(17)19(13)14-6-4-5-7-18(14)22-3/h4-8,11-12,19H,9-10H2,1-3H3. The summed E-state index contributed by atoms with van der Waals surface area (Å²) in [5.41, 5.74) is 6.01. The molecule has 2 aromatic rings. The van der Waals surface area contributed by atoms with Gasteiger partial charge in [-0.05, 0) is 29.9 Å². The highest BCUT2D eigenvalue weighted by Gasteiger charge is 2.37. The molecule has 0 radical (unpaired) electrons. The second-order valence-electron chi connectivity index (χ2n) is 7.15. The average molecular weight is 307 g/mol. The zero-order chi connectivity index (χ0) is 16.0. The third-order valence-corrected chi connectivity index (χ3v) is 4.85. The van der Waals surface area contributed by atoms with E-state index in [-0.39, 0.29) is 11.3 Å². The van der Waals surface area contributed by atoms with Gasteiger partial charge < -0.3 is 9.15 Å². The van der Waals surface area contributed by atoms with Crippen LogP contribution in [0.4, 0.5) is 5.69 Å². The van der Waals surface area contributed by atoms with Crippen molar-refractivity contribution in [3.63, 3.8) is 0 Å². The number of hydrogen-bond acceptors (Lipinski definition) is 3. The molecule has 0 fully saturated rings. The van der Waals surface area contributed by atoms with Crippen LogP contribution in [0, 0.1) is 5.41 Å². The smallest absolute Gasteiger partial charge is 0.123 e. The van der Waals surface area contributed by atoms with Crippen molar-refractivity contribution >= 4 is 11.4 Å². The van der Waals surface area contributed by atoms with E-state index in [1.54, 1.807) is 13.4 Å². The van der Waals surface area contributed by atoms with Crippen molar-refractivity contribution in [3.8, 4) is 5.75 Å². The SMILES string of the molecule is COc1ccccc1C1C2=CCC(C)(C)CC2=Nc2cocc21. The Morgan fingerprint density at radius 1 is 1.17 bits per heavy atom. The molecule has 3 nitrogen and oxygen atoms in total. The van der Waals surface area contributed by atoms with Gasteiger partial charge in [0.15, 0.2) is 0 Å². The van der Waals surface area contributed by atoms with Gasteiger partial charge in [-0.1, -0.05) is 38.1 Å². The monoisotopic (exact) mass is 307 g/mol. The van der Waals surface area contributed by atoms with Gasteiger partial charge >= 0.3 is 0 Å². The summed E-state index contributed by atoms with van der Waals surface area (Å²) < 4.78 is 11.1. The minimum Gasteiger partial charge on any atom is -0.496 e. The Hall–Kier alpha value is -2.29. The van der Waals surface area contributed by atoms with E-state index in [9.17, 15) is 0 Å². The molecule has 0 saturated heterocycles. The van der Waals surface area contributed by atoms with Crippen LogP contribution in [0.15, 0.2) is 57.9 Å². The number of hydrogen-bond donors (Lipinski definition) is 0. The maximum atomic E-state index is 5.61. The summed E-state index contributed by atoms with van der Waals surface area (Å²) in [6.45, 7) is 4.59. The molecule has 1 atom stereocenters. The van der Waals surface area contributed by atoms with Crippen molar-refractivity contribution < 1.29 is 9.15 Å². The highest BCUT2D eigenvalue weighted by atomic mass is 16.5. The van der Waals surface area contributed by atoms with Crippen LogP contribution in [0.25, 0.3) is 0 Å². The Morgan fingerprint density at radius 2 is 2.00 bits per heavy atom. The van der Waals surface area contributed by atoms with E-state index in [0.29, 0.717) is 0 Å². The average Bonchev–Trinajstić information content (AvgIpc) is 2.99. The summed E-state index contributed by atoms with van der Waals surface area (Å²) in [6.07, 6.45) is 8.00. The van der Waals surface area contributed by atoms with Crippen LogP contribution in [0.1, 0.15) is 43.7 Å². The zero-order valence-electron chi connectivity index (χ0n) is 13.8. The summed E-state index contributed by atoms with van der Waals surface area (Å²) in [6, 6.07) is 8.24. The number of benzene rings is 1. The lowest BCUT2D eigenvalue weighted by molar-refractivity contribution is 0.379. The number of aliphatic imine (C=N–C) groups is 1. The molecule has 1 aromatic heterocycles. The second-order valence-corrected chi connectivity index (χ2v) is 7.15. The van der Waals surface area contributed by atoms with Gasteiger partial charge in [-0.25, -0.2) is 4.99 Å². The largest absolute Gasteiger partial charge is 0.496 e. The van der Waals surface area contributed by atoms with E-state index in [1.165, 1.54) is 16.8 Å². The van der Waals surface area contributed by atoms with E-state index in [1.807, 2.05) is 18.4 Å². The van der Waals surface area contributed by atoms with Gasteiger partial charge in [0.1, 0.15) is 17.7 Å². The Kier molecular flexibility index (Phi) is 3.19.